The topological polar surface area (TPSA) is 66.8 Å². The third-order valence-corrected chi connectivity index (χ3v) is 6.86. The van der Waals surface area contributed by atoms with Crippen molar-refractivity contribution in [2.24, 2.45) is 5.92 Å². The summed E-state index contributed by atoms with van der Waals surface area (Å²) in [6, 6.07) is 23.3. The van der Waals surface area contributed by atoms with Crippen molar-refractivity contribution < 1.29 is 19.7 Å². The van der Waals surface area contributed by atoms with E-state index in [1.165, 1.54) is 23.8 Å². The fourth-order valence-corrected chi connectivity index (χ4v) is 4.73. The van der Waals surface area contributed by atoms with Gasteiger partial charge in [0.25, 0.3) is 0 Å². The molecule has 186 valence electrons. The molecule has 0 aliphatic heterocycles. The monoisotopic (exact) mass is 474 g/mol. The lowest BCUT2D eigenvalue weighted by atomic mass is 9.86. The van der Waals surface area contributed by atoms with Gasteiger partial charge in [0.05, 0.1) is 20.3 Å². The summed E-state index contributed by atoms with van der Waals surface area (Å²) in [6.07, 6.45) is 6.20. The second kappa shape index (κ2) is 13.8. The Morgan fingerprint density at radius 3 is 1.97 bits per heavy atom. The van der Waals surface area contributed by atoms with Gasteiger partial charge in [-0.15, -0.1) is 0 Å². The van der Waals surface area contributed by atoms with Crippen LogP contribution < -0.4 is 0 Å². The molecule has 35 heavy (non-hydrogen) atoms. The van der Waals surface area contributed by atoms with Crippen LogP contribution in [0, 0.1) is 12.8 Å². The van der Waals surface area contributed by atoms with E-state index in [-0.39, 0.29) is 19.2 Å². The van der Waals surface area contributed by atoms with Crippen molar-refractivity contribution in [1.82, 2.24) is 0 Å². The number of carbonyl (C=O) groups excluding carboxylic acids is 1. The van der Waals surface area contributed by atoms with Crippen molar-refractivity contribution in [2.45, 2.75) is 65.1 Å². The van der Waals surface area contributed by atoms with Crippen LogP contribution in [0.5, 0.6) is 0 Å². The molecule has 3 aromatic rings. The maximum atomic E-state index is 11.4. The zero-order valence-corrected chi connectivity index (χ0v) is 21.0. The van der Waals surface area contributed by atoms with E-state index < -0.39 is 0 Å². The van der Waals surface area contributed by atoms with Gasteiger partial charge < -0.3 is 14.9 Å². The molecule has 0 aliphatic carbocycles. The lowest BCUT2D eigenvalue weighted by Crippen LogP contribution is -2.11. The van der Waals surface area contributed by atoms with Crippen molar-refractivity contribution >= 4 is 5.97 Å². The number of aliphatic hydroxyl groups excluding tert-OH is 2. The molecule has 3 aromatic carbocycles. The van der Waals surface area contributed by atoms with Gasteiger partial charge in [0.1, 0.15) is 0 Å². The van der Waals surface area contributed by atoms with Crippen LogP contribution in [0.3, 0.4) is 0 Å². The summed E-state index contributed by atoms with van der Waals surface area (Å²) >= 11 is 0. The number of methoxy groups -OCH3 is 1. The van der Waals surface area contributed by atoms with Gasteiger partial charge in [0, 0.05) is 6.42 Å². The van der Waals surface area contributed by atoms with E-state index in [4.69, 9.17) is 4.74 Å². The summed E-state index contributed by atoms with van der Waals surface area (Å²) in [6.45, 7) is 1.93. The van der Waals surface area contributed by atoms with E-state index in [2.05, 4.69) is 66.7 Å². The Balaban J connectivity index is 1.72. The molecule has 1 atom stereocenters. The van der Waals surface area contributed by atoms with E-state index in [0.717, 1.165) is 54.4 Å². The van der Waals surface area contributed by atoms with E-state index >= 15 is 0 Å². The largest absolute Gasteiger partial charge is 0.469 e. The normalized spacial score (nSPS) is 11.9. The Labute approximate surface area is 209 Å². The zero-order valence-electron chi connectivity index (χ0n) is 21.0. The molecule has 0 aliphatic rings. The van der Waals surface area contributed by atoms with E-state index in [0.29, 0.717) is 18.8 Å². The van der Waals surface area contributed by atoms with Crippen molar-refractivity contribution in [3.05, 3.63) is 106 Å². The van der Waals surface area contributed by atoms with Crippen LogP contribution in [0.1, 0.15) is 58.2 Å². The van der Waals surface area contributed by atoms with Crippen LogP contribution in [0.2, 0.25) is 0 Å². The highest BCUT2D eigenvalue weighted by atomic mass is 16.5. The molecular weight excluding hydrogens is 436 g/mol. The maximum Gasteiger partial charge on any atom is 0.305 e. The van der Waals surface area contributed by atoms with Crippen molar-refractivity contribution in [1.29, 1.82) is 0 Å². The second-order valence-corrected chi connectivity index (χ2v) is 9.40. The third-order valence-electron chi connectivity index (χ3n) is 6.86. The molecule has 3 rings (SSSR count). The Bertz CT molecular complexity index is 1030. The molecule has 0 aromatic heterocycles. The molecule has 0 radical (unpaired) electrons. The van der Waals surface area contributed by atoms with Gasteiger partial charge >= 0.3 is 5.97 Å². The predicted octanol–water partition coefficient (Wildman–Crippen LogP) is 5.51. The highest BCUT2D eigenvalue weighted by Gasteiger charge is 2.14. The van der Waals surface area contributed by atoms with Crippen molar-refractivity contribution in [3.63, 3.8) is 0 Å². The highest BCUT2D eigenvalue weighted by molar-refractivity contribution is 5.69. The quantitative estimate of drug-likeness (QED) is 0.321. The molecule has 0 bridgehead atoms. The summed E-state index contributed by atoms with van der Waals surface area (Å²) in [4.78, 5) is 11.4. The summed E-state index contributed by atoms with van der Waals surface area (Å²) < 4.78 is 4.74. The first-order valence-electron chi connectivity index (χ1n) is 12.5. The van der Waals surface area contributed by atoms with Gasteiger partial charge in [-0.3, -0.25) is 4.79 Å². The molecule has 4 nitrogen and oxygen atoms in total. The first kappa shape index (κ1) is 26.7. The minimum Gasteiger partial charge on any atom is -0.469 e. The second-order valence-electron chi connectivity index (χ2n) is 9.40. The molecule has 4 heteroatoms. The van der Waals surface area contributed by atoms with Crippen LogP contribution in [0.15, 0.2) is 66.7 Å². The summed E-state index contributed by atoms with van der Waals surface area (Å²) in [5, 5.41) is 19.6. The number of rotatable bonds is 13. The maximum absolute atomic E-state index is 11.4. The van der Waals surface area contributed by atoms with Crippen LogP contribution in [0.25, 0.3) is 0 Å². The fourth-order valence-electron chi connectivity index (χ4n) is 4.73. The number of benzene rings is 3. The summed E-state index contributed by atoms with van der Waals surface area (Å²) in [7, 11) is 1.42. The van der Waals surface area contributed by atoms with Crippen LogP contribution >= 0.6 is 0 Å². The SMILES string of the molecule is COC(=O)CCc1ccc(C[C@@H](CCCc2ccccc2)Cc2cc(CO)c(C)c(CO)c2)cc1. The molecule has 0 amide bonds. The predicted molar refractivity (Wildman–Crippen MR) is 140 cm³/mol. The standard InChI is InChI=1S/C31H38O4/c1-23-29(21-32)19-28(20-30(23)22-33)18-27(10-6-9-24-7-4-3-5-8-24)17-26-13-11-25(12-14-26)15-16-31(34)35-2/h3-5,7-8,11-14,19-20,27,32-33H,6,9-10,15-18,21-22H2,1-2H3/t27-/m1/s1. The number of aryl methyl sites for hydroxylation is 2. The Hall–Kier alpha value is -2.95. The first-order chi connectivity index (χ1) is 17.0. The van der Waals surface area contributed by atoms with E-state index in [9.17, 15) is 15.0 Å². The highest BCUT2D eigenvalue weighted by Crippen LogP contribution is 2.25. The van der Waals surface area contributed by atoms with Crippen LogP contribution in [-0.4, -0.2) is 23.3 Å². The lowest BCUT2D eigenvalue weighted by molar-refractivity contribution is -0.140. The smallest absolute Gasteiger partial charge is 0.305 e. The number of hydrogen-bond donors (Lipinski definition) is 2. The minimum absolute atomic E-state index is 0.0155. The fraction of sp³-hybridized carbons (Fsp3) is 0.387. The first-order valence-corrected chi connectivity index (χ1v) is 12.5. The lowest BCUT2D eigenvalue weighted by Gasteiger charge is -2.20. The van der Waals surface area contributed by atoms with Crippen LogP contribution in [-0.2, 0) is 48.4 Å². The molecule has 0 heterocycles. The molecule has 0 spiro atoms. The van der Waals surface area contributed by atoms with Gasteiger partial charge in [-0.2, -0.15) is 0 Å². The van der Waals surface area contributed by atoms with Gasteiger partial charge in [-0.25, -0.2) is 0 Å². The number of ether oxygens (including phenoxy) is 1. The Kier molecular flexibility index (Phi) is 10.5. The van der Waals surface area contributed by atoms with Crippen molar-refractivity contribution in [3.8, 4) is 0 Å². The van der Waals surface area contributed by atoms with Crippen molar-refractivity contribution in [2.75, 3.05) is 7.11 Å². The molecule has 0 fully saturated rings. The molecule has 0 unspecified atom stereocenters. The number of aliphatic hydroxyl groups is 2. The summed E-state index contributed by atoms with van der Waals surface area (Å²) in [5.74, 6) is 0.260. The van der Waals surface area contributed by atoms with Gasteiger partial charge in [-0.1, -0.05) is 66.7 Å². The van der Waals surface area contributed by atoms with E-state index in [1.54, 1.807) is 0 Å². The summed E-state index contributed by atoms with van der Waals surface area (Å²) in [5.41, 5.74) is 7.72. The van der Waals surface area contributed by atoms with Gasteiger partial charge in [0.2, 0.25) is 0 Å². The van der Waals surface area contributed by atoms with Gasteiger partial charge in [0.15, 0.2) is 0 Å². The Morgan fingerprint density at radius 2 is 1.37 bits per heavy atom. The molecular formula is C31H38O4. The minimum atomic E-state index is -0.185. The number of hydrogen-bond acceptors (Lipinski definition) is 4. The Morgan fingerprint density at radius 1 is 0.800 bits per heavy atom. The zero-order chi connectivity index (χ0) is 25.0. The molecule has 0 saturated carbocycles. The third kappa shape index (κ3) is 8.34. The van der Waals surface area contributed by atoms with Crippen LogP contribution in [0.4, 0.5) is 0 Å². The average molecular weight is 475 g/mol. The molecule has 0 saturated heterocycles. The van der Waals surface area contributed by atoms with Gasteiger partial charge in [-0.05, 0) is 90.3 Å². The van der Waals surface area contributed by atoms with E-state index in [1.807, 2.05) is 6.92 Å². The number of carbonyl (C=O) groups is 1. The molecule has 2 N–H and O–H groups in total. The average Bonchev–Trinajstić information content (AvgIpc) is 2.89. The number of esters is 1.